The molecular weight excluding hydrogens is 820 g/mol. The van der Waals surface area contributed by atoms with Gasteiger partial charge in [0.15, 0.2) is 6.17 Å². The fraction of sp³-hybridized carbons (Fsp3) is 0.542. The van der Waals surface area contributed by atoms with Gasteiger partial charge < -0.3 is 25.4 Å². The summed E-state index contributed by atoms with van der Waals surface area (Å²) in [6.45, 7) is 5.61. The lowest BCUT2D eigenvalue weighted by Crippen LogP contribution is -2.44. The first-order chi connectivity index (χ1) is 30.8. The molecule has 340 valence electrons. The Balaban J connectivity index is 0.865. The first-order valence-corrected chi connectivity index (χ1v) is 22.7. The van der Waals surface area contributed by atoms with Gasteiger partial charge in [-0.3, -0.25) is 38.5 Å². The molecule has 64 heavy (non-hydrogen) atoms. The number of rotatable bonds is 13. The number of primary amides is 1. The van der Waals surface area contributed by atoms with Gasteiger partial charge in [-0.15, -0.1) is 0 Å². The number of pyridine rings is 1. The van der Waals surface area contributed by atoms with Gasteiger partial charge >= 0.3 is 5.69 Å². The summed E-state index contributed by atoms with van der Waals surface area (Å²) in [7, 11) is 5.45. The maximum atomic E-state index is 14.7. The highest BCUT2D eigenvalue weighted by Crippen LogP contribution is 2.35. The van der Waals surface area contributed by atoms with Crippen LogP contribution >= 0.6 is 0 Å². The number of nitrogens with two attached hydrogens (primary N) is 1. The monoisotopic (exact) mass is 878 g/mol. The number of aromatic nitrogens is 3. The van der Waals surface area contributed by atoms with Crippen molar-refractivity contribution in [3.63, 3.8) is 0 Å². The number of hydrogen-bond acceptors (Lipinski definition) is 10. The highest BCUT2D eigenvalue weighted by atomic mass is 19.1. The molecule has 4 N–H and O–H groups in total. The van der Waals surface area contributed by atoms with E-state index in [1.54, 1.807) is 34.5 Å². The summed E-state index contributed by atoms with van der Waals surface area (Å²) in [6, 6.07) is 8.49. The van der Waals surface area contributed by atoms with Crippen molar-refractivity contribution in [3.05, 3.63) is 63.7 Å². The summed E-state index contributed by atoms with van der Waals surface area (Å²) in [4.78, 5) is 72.1. The Morgan fingerprint density at radius 1 is 1.03 bits per heavy atom. The second kappa shape index (κ2) is 19.1. The van der Waals surface area contributed by atoms with Gasteiger partial charge in [-0.1, -0.05) is 37.3 Å². The average molecular weight is 879 g/mol. The zero-order chi connectivity index (χ0) is 45.2. The Labute approximate surface area is 372 Å². The average Bonchev–Trinajstić information content (AvgIpc) is 3.71. The Bertz CT molecular complexity index is 2560. The number of nitrogens with one attached hydrogen (secondary N) is 2. The Morgan fingerprint density at radius 3 is 2.50 bits per heavy atom. The number of likely N-dealkylation sites (tertiary alicyclic amines) is 1. The minimum absolute atomic E-state index is 0.0370. The number of imide groups is 1. The molecule has 8 rings (SSSR count). The Morgan fingerprint density at radius 2 is 1.80 bits per heavy atom. The van der Waals surface area contributed by atoms with Gasteiger partial charge in [0.25, 0.3) is 11.8 Å². The number of aryl methyl sites for hydroxylation is 1. The fourth-order valence-corrected chi connectivity index (χ4v) is 10.5. The first kappa shape index (κ1) is 44.8. The van der Waals surface area contributed by atoms with Gasteiger partial charge in [-0.05, 0) is 101 Å². The number of amides is 4. The number of carbonyl (C=O) groups excluding carboxylic acids is 4. The van der Waals surface area contributed by atoms with Crippen molar-refractivity contribution in [2.75, 3.05) is 40.4 Å². The quantitative estimate of drug-likeness (QED) is 0.129. The number of imidazole rings is 1. The van der Waals surface area contributed by atoms with E-state index >= 15 is 0 Å². The topological polar surface area (TPSA) is 183 Å². The van der Waals surface area contributed by atoms with Gasteiger partial charge in [0.1, 0.15) is 18.4 Å². The van der Waals surface area contributed by atoms with Crippen molar-refractivity contribution < 1.29 is 33.0 Å². The van der Waals surface area contributed by atoms with Gasteiger partial charge in [0.2, 0.25) is 17.7 Å². The van der Waals surface area contributed by atoms with Crippen molar-refractivity contribution in [3.8, 4) is 23.5 Å². The Kier molecular flexibility index (Phi) is 13.4. The molecule has 2 aromatic heterocycles. The lowest BCUT2D eigenvalue weighted by atomic mass is 9.81. The number of carbonyl (C=O) groups is 4. The highest BCUT2D eigenvalue weighted by molar-refractivity contribution is 6.03. The second-order valence-electron chi connectivity index (χ2n) is 18.1. The number of para-hydroxylation sites is 1. The summed E-state index contributed by atoms with van der Waals surface area (Å²) in [5.74, 6) is 5.69. The van der Waals surface area contributed by atoms with E-state index in [2.05, 4.69) is 50.4 Å². The molecule has 1 saturated carbocycles. The third-order valence-electron chi connectivity index (χ3n) is 14.0. The van der Waals surface area contributed by atoms with E-state index in [9.17, 15) is 28.4 Å². The predicted molar refractivity (Wildman–Crippen MR) is 239 cm³/mol. The molecule has 4 atom stereocenters. The van der Waals surface area contributed by atoms with E-state index in [0.29, 0.717) is 53.2 Å². The lowest BCUT2D eigenvalue weighted by molar-refractivity contribution is -0.135. The summed E-state index contributed by atoms with van der Waals surface area (Å²) < 4.78 is 29.5. The van der Waals surface area contributed by atoms with Gasteiger partial charge in [-0.2, -0.15) is 0 Å². The number of halogens is 1. The number of fused-ring (bicyclic) bond motifs is 2. The van der Waals surface area contributed by atoms with Gasteiger partial charge in [-0.25, -0.2) is 14.2 Å². The molecule has 0 bridgehead atoms. The number of methoxy groups -OCH3 is 1. The van der Waals surface area contributed by atoms with Crippen LogP contribution in [0.15, 0.2) is 41.3 Å². The van der Waals surface area contributed by atoms with Crippen molar-refractivity contribution in [1.29, 1.82) is 0 Å². The van der Waals surface area contributed by atoms with Crippen LogP contribution in [0.25, 0.3) is 21.8 Å². The number of nitrogens with zero attached hydrogens (tertiary/aromatic N) is 5. The molecule has 3 saturated heterocycles. The van der Waals surface area contributed by atoms with Crippen LogP contribution in [0.5, 0.6) is 11.6 Å². The molecule has 3 aliphatic heterocycles. The number of ether oxygens (including phenoxy) is 2. The van der Waals surface area contributed by atoms with E-state index in [4.69, 9.17) is 15.2 Å². The number of piperidine rings is 2. The third kappa shape index (κ3) is 9.10. The van der Waals surface area contributed by atoms with E-state index in [0.717, 1.165) is 75.7 Å². The molecule has 4 fully saturated rings. The largest absolute Gasteiger partial charge is 0.496 e. The first-order valence-electron chi connectivity index (χ1n) is 22.7. The van der Waals surface area contributed by atoms with Crippen LogP contribution < -0.4 is 31.5 Å². The molecule has 5 heterocycles. The van der Waals surface area contributed by atoms with E-state index in [1.165, 1.54) is 7.11 Å². The van der Waals surface area contributed by atoms with E-state index in [-0.39, 0.29) is 47.7 Å². The van der Waals surface area contributed by atoms with Gasteiger partial charge in [0.05, 0.1) is 35.3 Å². The zero-order valence-electron chi connectivity index (χ0n) is 37.2. The van der Waals surface area contributed by atoms with Crippen LogP contribution in [-0.4, -0.2) is 106 Å². The normalized spacial score (nSPS) is 24.4. The maximum Gasteiger partial charge on any atom is 0.329 e. The molecule has 4 aliphatic rings. The van der Waals surface area contributed by atoms with Crippen molar-refractivity contribution >= 4 is 45.4 Å². The smallest absolute Gasteiger partial charge is 0.329 e. The van der Waals surface area contributed by atoms with Crippen LogP contribution in [0.1, 0.15) is 98.7 Å². The highest BCUT2D eigenvalue weighted by Gasteiger charge is 2.42. The van der Waals surface area contributed by atoms with Crippen LogP contribution in [0.3, 0.4) is 0 Å². The fourth-order valence-electron chi connectivity index (χ4n) is 10.5. The Hall–Kier alpha value is -5.79. The maximum absolute atomic E-state index is 14.7. The van der Waals surface area contributed by atoms with Crippen molar-refractivity contribution in [1.82, 2.24) is 34.6 Å². The third-order valence-corrected chi connectivity index (χ3v) is 14.0. The molecule has 4 aromatic rings. The summed E-state index contributed by atoms with van der Waals surface area (Å²) in [5, 5.41) is 6.33. The van der Waals surface area contributed by atoms with Gasteiger partial charge in [0, 0.05) is 61.4 Å². The minimum Gasteiger partial charge on any atom is -0.496 e. The van der Waals surface area contributed by atoms with Crippen molar-refractivity contribution in [2.24, 2.45) is 30.5 Å². The summed E-state index contributed by atoms with van der Waals surface area (Å²) >= 11 is 0. The van der Waals surface area contributed by atoms with E-state index < -0.39 is 41.9 Å². The number of hydrogen-bond donors (Lipinski definition) is 3. The molecule has 1 unspecified atom stereocenters. The lowest BCUT2D eigenvalue weighted by Gasteiger charge is -2.39. The zero-order valence-corrected chi connectivity index (χ0v) is 37.2. The second-order valence-corrected chi connectivity index (χ2v) is 18.1. The van der Waals surface area contributed by atoms with Crippen molar-refractivity contribution in [2.45, 2.75) is 102 Å². The predicted octanol–water partition coefficient (Wildman–Crippen LogP) is 4.36. The molecule has 4 amide bonds. The summed E-state index contributed by atoms with van der Waals surface area (Å²) in [6.07, 6.45) is 8.07. The van der Waals surface area contributed by atoms with Crippen LogP contribution in [0.4, 0.5) is 4.39 Å². The number of benzene rings is 2. The van der Waals surface area contributed by atoms with Crippen LogP contribution in [0, 0.1) is 29.6 Å². The molecule has 0 radical (unpaired) electrons. The molecular formula is C48H59FN8O7. The molecule has 0 spiro atoms. The standard InChI is InChI=1S/C48H59FN8O7/c1-5-7-33-37(52-46(61)42(33)49)27-64-47-35-23-40(63-4)36(44(50)59)22-34(35)30(24-51-47)15-14-28-10-12-29(13-11-28)25-54(2)32-18-20-56(21-19-32)26-31-8-6-9-38-43(31)55(3)48(62)57(38)39-16-17-41(58)53-45(39)60/h6,8-9,22-24,28-29,32-33,37,39,42H,5,7,10-13,16-21,25-27H2,1-4H3,(H2,50,59)(H,52,61)(H,53,58,60)/t28-,29-,33-,37+,39?,42-/m0/s1. The molecule has 15 nitrogen and oxygen atoms in total. The molecule has 1 aliphatic carbocycles. The van der Waals surface area contributed by atoms with Crippen LogP contribution in [0.2, 0.25) is 0 Å². The van der Waals surface area contributed by atoms with E-state index in [1.807, 2.05) is 19.1 Å². The minimum atomic E-state index is -1.58. The number of alkyl halides is 1. The molecule has 2 aromatic carbocycles. The molecule has 16 heteroatoms. The SMILES string of the molecule is CCC[C@@H]1[C@H](F)C(=O)N[C@@H]1COc1ncc(C#C[C@H]2CC[C@H](CN(C)C3CCN(Cc4cccc5c4n(C)c(=O)n5C4CCC(=O)NC4=O)CC3)CC2)c2cc(C(N)=O)c(OC)cc12. The van der Waals surface area contributed by atoms with Crippen LogP contribution in [-0.2, 0) is 28.0 Å². The summed E-state index contributed by atoms with van der Waals surface area (Å²) in [5.41, 5.74) is 8.93.